The maximum Gasteiger partial charge on any atom is 0.408 e. The van der Waals surface area contributed by atoms with Gasteiger partial charge in [0.25, 0.3) is 0 Å². The molecule has 1 amide bonds. The monoisotopic (exact) mass is 241 g/mol. The molecular formula is C12H19NO4. The van der Waals surface area contributed by atoms with Crippen molar-refractivity contribution in [2.24, 2.45) is 0 Å². The lowest BCUT2D eigenvalue weighted by molar-refractivity contribution is -0.144. The number of carboxylic acid groups (broad SMARTS) is 1. The Hall–Kier alpha value is -1.52. The molecule has 0 saturated heterocycles. The van der Waals surface area contributed by atoms with Gasteiger partial charge in [0.15, 0.2) is 0 Å². The molecular weight excluding hydrogens is 222 g/mol. The smallest absolute Gasteiger partial charge is 0.408 e. The lowest BCUT2D eigenvalue weighted by Crippen LogP contribution is -2.52. The van der Waals surface area contributed by atoms with Crippen molar-refractivity contribution < 1.29 is 19.4 Å². The SMILES string of the molecule is C=C1CCC(NC(=O)OCCCC)(C(=O)O)C1. The van der Waals surface area contributed by atoms with Gasteiger partial charge in [-0.25, -0.2) is 9.59 Å². The summed E-state index contributed by atoms with van der Waals surface area (Å²) in [5, 5.41) is 11.7. The molecule has 0 spiro atoms. The van der Waals surface area contributed by atoms with E-state index in [1.807, 2.05) is 6.92 Å². The van der Waals surface area contributed by atoms with Gasteiger partial charge in [0.05, 0.1) is 6.61 Å². The molecule has 1 aliphatic carbocycles. The number of nitrogens with one attached hydrogen (secondary N) is 1. The molecule has 5 heteroatoms. The molecule has 1 atom stereocenters. The van der Waals surface area contributed by atoms with Crippen LogP contribution in [0.15, 0.2) is 12.2 Å². The van der Waals surface area contributed by atoms with Crippen LogP contribution in [0.25, 0.3) is 0 Å². The molecule has 1 aliphatic rings. The third-order valence-corrected chi connectivity index (χ3v) is 2.94. The van der Waals surface area contributed by atoms with Gasteiger partial charge < -0.3 is 15.2 Å². The molecule has 1 fully saturated rings. The number of aliphatic carboxylic acids is 1. The Labute approximate surface area is 101 Å². The summed E-state index contributed by atoms with van der Waals surface area (Å²) in [7, 11) is 0. The van der Waals surface area contributed by atoms with Crippen molar-refractivity contribution in [1.82, 2.24) is 5.32 Å². The van der Waals surface area contributed by atoms with E-state index in [1.54, 1.807) is 0 Å². The molecule has 2 N–H and O–H groups in total. The summed E-state index contributed by atoms with van der Waals surface area (Å²) < 4.78 is 4.91. The molecule has 0 aromatic heterocycles. The largest absolute Gasteiger partial charge is 0.479 e. The van der Waals surface area contributed by atoms with E-state index in [0.29, 0.717) is 19.4 Å². The molecule has 96 valence electrons. The zero-order chi connectivity index (χ0) is 12.9. The second-order valence-electron chi connectivity index (χ2n) is 4.43. The number of unbranched alkanes of at least 4 members (excludes halogenated alkanes) is 1. The summed E-state index contributed by atoms with van der Waals surface area (Å²) in [5.74, 6) is -1.02. The van der Waals surface area contributed by atoms with Gasteiger partial charge in [0.1, 0.15) is 5.54 Å². The first-order chi connectivity index (χ1) is 8.00. The Balaban J connectivity index is 2.53. The predicted molar refractivity (Wildman–Crippen MR) is 62.7 cm³/mol. The van der Waals surface area contributed by atoms with E-state index in [1.165, 1.54) is 0 Å². The highest BCUT2D eigenvalue weighted by molar-refractivity contribution is 5.85. The number of alkyl carbamates (subject to hydrolysis) is 1. The van der Waals surface area contributed by atoms with Crippen molar-refractivity contribution in [3.05, 3.63) is 12.2 Å². The van der Waals surface area contributed by atoms with Gasteiger partial charge >= 0.3 is 12.1 Å². The molecule has 1 unspecified atom stereocenters. The van der Waals surface area contributed by atoms with Crippen molar-refractivity contribution in [2.45, 2.75) is 44.6 Å². The molecule has 0 heterocycles. The van der Waals surface area contributed by atoms with Crippen molar-refractivity contribution >= 4 is 12.1 Å². The van der Waals surface area contributed by atoms with Crippen LogP contribution < -0.4 is 5.32 Å². The predicted octanol–water partition coefficient (Wildman–Crippen LogP) is 2.08. The van der Waals surface area contributed by atoms with E-state index in [2.05, 4.69) is 11.9 Å². The molecule has 17 heavy (non-hydrogen) atoms. The second-order valence-corrected chi connectivity index (χ2v) is 4.43. The second kappa shape index (κ2) is 5.70. The van der Waals surface area contributed by atoms with Gasteiger partial charge in [-0.05, 0) is 19.3 Å². The van der Waals surface area contributed by atoms with Crippen LogP contribution >= 0.6 is 0 Å². The molecule has 0 aromatic carbocycles. The van der Waals surface area contributed by atoms with E-state index in [4.69, 9.17) is 4.74 Å². The van der Waals surface area contributed by atoms with E-state index in [9.17, 15) is 14.7 Å². The summed E-state index contributed by atoms with van der Waals surface area (Å²) in [4.78, 5) is 22.7. The van der Waals surface area contributed by atoms with Gasteiger partial charge in [-0.2, -0.15) is 0 Å². The van der Waals surface area contributed by atoms with Crippen LogP contribution in [0.2, 0.25) is 0 Å². The summed E-state index contributed by atoms with van der Waals surface area (Å²) in [6.45, 7) is 6.06. The Morgan fingerprint density at radius 2 is 2.29 bits per heavy atom. The number of rotatable bonds is 5. The maximum atomic E-state index is 11.5. The normalized spacial score (nSPS) is 23.5. The zero-order valence-electron chi connectivity index (χ0n) is 10.1. The molecule has 5 nitrogen and oxygen atoms in total. The zero-order valence-corrected chi connectivity index (χ0v) is 10.1. The number of amides is 1. The maximum absolute atomic E-state index is 11.5. The summed E-state index contributed by atoms with van der Waals surface area (Å²) in [6.07, 6.45) is 2.33. The number of carbonyl (C=O) groups is 2. The van der Waals surface area contributed by atoms with Crippen LogP contribution in [0.1, 0.15) is 39.0 Å². The van der Waals surface area contributed by atoms with E-state index < -0.39 is 17.6 Å². The standard InChI is InChI=1S/C12H19NO4/c1-3-4-7-17-11(16)13-12(10(14)15)6-5-9(2)8-12/h2-8H2,1H3,(H,13,16)(H,14,15). The van der Waals surface area contributed by atoms with Gasteiger partial charge in [-0.15, -0.1) is 0 Å². The van der Waals surface area contributed by atoms with Crippen LogP contribution in [-0.2, 0) is 9.53 Å². The molecule has 0 bridgehead atoms. The van der Waals surface area contributed by atoms with Crippen LogP contribution in [0, 0.1) is 0 Å². The molecule has 1 rings (SSSR count). The fourth-order valence-corrected chi connectivity index (χ4v) is 1.88. The molecule has 0 radical (unpaired) electrons. The van der Waals surface area contributed by atoms with Crippen LogP contribution in [-0.4, -0.2) is 29.3 Å². The van der Waals surface area contributed by atoms with Crippen molar-refractivity contribution in [1.29, 1.82) is 0 Å². The number of hydrogen-bond acceptors (Lipinski definition) is 3. The minimum Gasteiger partial charge on any atom is -0.479 e. The lowest BCUT2D eigenvalue weighted by Gasteiger charge is -2.24. The topological polar surface area (TPSA) is 75.6 Å². The quantitative estimate of drug-likeness (QED) is 0.570. The van der Waals surface area contributed by atoms with E-state index in [0.717, 1.165) is 18.4 Å². The Kier molecular flexibility index (Phi) is 4.54. The van der Waals surface area contributed by atoms with Crippen molar-refractivity contribution in [2.75, 3.05) is 6.61 Å². The van der Waals surface area contributed by atoms with E-state index in [-0.39, 0.29) is 6.42 Å². The molecule has 0 aromatic rings. The summed E-state index contributed by atoms with van der Waals surface area (Å²) in [6, 6.07) is 0. The first-order valence-electron chi connectivity index (χ1n) is 5.85. The first-order valence-corrected chi connectivity index (χ1v) is 5.85. The first kappa shape index (κ1) is 13.5. The number of carboxylic acids is 1. The number of carbonyl (C=O) groups excluding carboxylic acids is 1. The highest BCUT2D eigenvalue weighted by atomic mass is 16.5. The Morgan fingerprint density at radius 1 is 1.59 bits per heavy atom. The Morgan fingerprint density at radius 3 is 2.76 bits per heavy atom. The summed E-state index contributed by atoms with van der Waals surface area (Å²) >= 11 is 0. The van der Waals surface area contributed by atoms with Crippen LogP contribution in [0.3, 0.4) is 0 Å². The van der Waals surface area contributed by atoms with Gasteiger partial charge in [-0.1, -0.05) is 25.5 Å². The number of ether oxygens (including phenoxy) is 1. The minimum absolute atomic E-state index is 0.283. The van der Waals surface area contributed by atoms with E-state index >= 15 is 0 Å². The lowest BCUT2D eigenvalue weighted by atomic mass is 9.98. The summed E-state index contributed by atoms with van der Waals surface area (Å²) in [5.41, 5.74) is -0.373. The van der Waals surface area contributed by atoms with Gasteiger partial charge in [0, 0.05) is 6.42 Å². The third-order valence-electron chi connectivity index (χ3n) is 2.94. The average Bonchev–Trinajstić information content (AvgIpc) is 2.61. The third kappa shape index (κ3) is 3.47. The van der Waals surface area contributed by atoms with Crippen molar-refractivity contribution in [3.63, 3.8) is 0 Å². The molecule has 0 aliphatic heterocycles. The van der Waals surface area contributed by atoms with Crippen LogP contribution in [0.5, 0.6) is 0 Å². The average molecular weight is 241 g/mol. The minimum atomic E-state index is -1.22. The van der Waals surface area contributed by atoms with Crippen molar-refractivity contribution in [3.8, 4) is 0 Å². The highest BCUT2D eigenvalue weighted by Gasteiger charge is 2.44. The fraction of sp³-hybridized carbons (Fsp3) is 0.667. The number of hydrogen-bond donors (Lipinski definition) is 2. The van der Waals surface area contributed by atoms with Crippen LogP contribution in [0.4, 0.5) is 4.79 Å². The van der Waals surface area contributed by atoms with Gasteiger partial charge in [0.2, 0.25) is 0 Å². The fourth-order valence-electron chi connectivity index (χ4n) is 1.88. The molecule has 1 saturated carbocycles. The van der Waals surface area contributed by atoms with Gasteiger partial charge in [-0.3, -0.25) is 0 Å². The Bertz CT molecular complexity index is 326. The highest BCUT2D eigenvalue weighted by Crippen LogP contribution is 2.33.